The van der Waals surface area contributed by atoms with Crippen LogP contribution in [-0.4, -0.2) is 44.8 Å². The summed E-state index contributed by atoms with van der Waals surface area (Å²) < 4.78 is 35.1. The second kappa shape index (κ2) is 7.14. The molecule has 2 heterocycles. The summed E-state index contributed by atoms with van der Waals surface area (Å²) in [4.78, 5) is 14.1. The Morgan fingerprint density at radius 1 is 1.46 bits per heavy atom. The molecule has 2 aliphatic rings. The van der Waals surface area contributed by atoms with Crippen molar-refractivity contribution in [3.63, 3.8) is 0 Å². The molecule has 1 saturated heterocycles. The summed E-state index contributed by atoms with van der Waals surface area (Å²) in [5.41, 5.74) is 6.63. The number of amidine groups is 1. The van der Waals surface area contributed by atoms with Gasteiger partial charge in [-0.2, -0.15) is 8.42 Å². The number of likely N-dealkylation sites (tertiary alicyclic amines) is 1. The molecule has 0 aliphatic carbocycles. The minimum absolute atomic E-state index is 0.0140. The van der Waals surface area contributed by atoms with E-state index < -0.39 is 10.2 Å². The lowest BCUT2D eigenvalue weighted by Gasteiger charge is -2.34. The summed E-state index contributed by atoms with van der Waals surface area (Å²) in [6, 6.07) is 5.05. The van der Waals surface area contributed by atoms with Gasteiger partial charge in [0.05, 0.1) is 17.9 Å². The van der Waals surface area contributed by atoms with Crippen LogP contribution >= 0.6 is 0 Å². The number of nitrogens with one attached hydrogen (secondary N) is 1. The van der Waals surface area contributed by atoms with Crippen molar-refractivity contribution in [1.29, 1.82) is 0 Å². The van der Waals surface area contributed by atoms with Crippen molar-refractivity contribution in [2.45, 2.75) is 26.7 Å². The fourth-order valence-electron chi connectivity index (χ4n) is 3.31. The van der Waals surface area contributed by atoms with Gasteiger partial charge in [0.1, 0.15) is 5.75 Å². The van der Waals surface area contributed by atoms with Crippen LogP contribution in [0.4, 0.5) is 5.69 Å². The Morgan fingerprint density at radius 3 is 2.96 bits per heavy atom. The highest BCUT2D eigenvalue weighted by Gasteiger charge is 2.27. The molecule has 9 heteroatoms. The average Bonchev–Trinajstić information content (AvgIpc) is 2.58. The van der Waals surface area contributed by atoms with Gasteiger partial charge in [0, 0.05) is 24.9 Å². The standard InChI is InChI=1S/C17H24N4O4S/c1-11(2)17(22)21-8-4-5-12(9-21)10-25-14-7-3-6-13-15(14)16(18)20-26(23,24)19-13/h3,6-7,11-12,19H,4-5,8-10H2,1-2H3,(H2,18,20). The molecule has 0 saturated carbocycles. The fourth-order valence-corrected chi connectivity index (χ4v) is 4.16. The summed E-state index contributed by atoms with van der Waals surface area (Å²) in [5.74, 6) is 0.770. The van der Waals surface area contributed by atoms with Gasteiger partial charge in [-0.05, 0) is 25.0 Å². The summed E-state index contributed by atoms with van der Waals surface area (Å²) in [5, 5.41) is 0. The third-order valence-corrected chi connectivity index (χ3v) is 5.45. The van der Waals surface area contributed by atoms with E-state index in [1.165, 1.54) is 0 Å². The van der Waals surface area contributed by atoms with Crippen LogP contribution in [0.1, 0.15) is 32.3 Å². The predicted molar refractivity (Wildman–Crippen MR) is 99.3 cm³/mol. The summed E-state index contributed by atoms with van der Waals surface area (Å²) in [7, 11) is -3.81. The van der Waals surface area contributed by atoms with E-state index in [-0.39, 0.29) is 23.6 Å². The highest BCUT2D eigenvalue weighted by molar-refractivity contribution is 7.91. The topological polar surface area (TPSA) is 114 Å². The number of piperidine rings is 1. The molecule has 1 unspecified atom stereocenters. The normalized spacial score (nSPS) is 21.6. The first-order valence-corrected chi connectivity index (χ1v) is 10.1. The van der Waals surface area contributed by atoms with E-state index in [4.69, 9.17) is 10.5 Å². The van der Waals surface area contributed by atoms with Crippen LogP contribution < -0.4 is 15.2 Å². The van der Waals surface area contributed by atoms with Crippen LogP contribution in [0.25, 0.3) is 0 Å². The number of fused-ring (bicyclic) bond motifs is 1. The molecule has 1 fully saturated rings. The Bertz CT molecular complexity index is 835. The zero-order valence-corrected chi connectivity index (χ0v) is 15.8. The van der Waals surface area contributed by atoms with Gasteiger partial charge in [0.2, 0.25) is 5.91 Å². The van der Waals surface area contributed by atoms with Crippen LogP contribution in [0.5, 0.6) is 5.75 Å². The van der Waals surface area contributed by atoms with Crippen molar-refractivity contribution >= 4 is 27.6 Å². The third kappa shape index (κ3) is 3.92. The van der Waals surface area contributed by atoms with Crippen molar-refractivity contribution in [2.24, 2.45) is 22.0 Å². The molecule has 1 aromatic carbocycles. The largest absolute Gasteiger partial charge is 0.492 e. The number of rotatable bonds is 4. The van der Waals surface area contributed by atoms with Crippen molar-refractivity contribution in [2.75, 3.05) is 24.4 Å². The summed E-state index contributed by atoms with van der Waals surface area (Å²) >= 11 is 0. The minimum Gasteiger partial charge on any atom is -0.492 e. The van der Waals surface area contributed by atoms with Gasteiger partial charge in [0.25, 0.3) is 0 Å². The zero-order valence-electron chi connectivity index (χ0n) is 14.9. The summed E-state index contributed by atoms with van der Waals surface area (Å²) in [6.45, 7) is 5.69. The van der Waals surface area contributed by atoms with Gasteiger partial charge >= 0.3 is 10.2 Å². The SMILES string of the molecule is CC(C)C(=O)N1CCCC(COc2cccc3c2C(N)=NS(=O)(=O)N3)C1. The highest BCUT2D eigenvalue weighted by Crippen LogP contribution is 2.31. The molecule has 26 heavy (non-hydrogen) atoms. The van der Waals surface area contributed by atoms with E-state index in [1.54, 1.807) is 18.2 Å². The molecule has 3 N–H and O–H groups in total. The first-order chi connectivity index (χ1) is 12.3. The summed E-state index contributed by atoms with van der Waals surface area (Å²) in [6.07, 6.45) is 1.93. The average molecular weight is 380 g/mol. The number of ether oxygens (including phenoxy) is 1. The van der Waals surface area contributed by atoms with Gasteiger partial charge in [0.15, 0.2) is 5.84 Å². The van der Waals surface area contributed by atoms with Gasteiger partial charge in [-0.15, -0.1) is 4.40 Å². The van der Waals surface area contributed by atoms with E-state index >= 15 is 0 Å². The minimum atomic E-state index is -3.81. The molecule has 1 amide bonds. The molecule has 0 radical (unpaired) electrons. The molecular weight excluding hydrogens is 356 g/mol. The Morgan fingerprint density at radius 2 is 2.23 bits per heavy atom. The Hall–Kier alpha value is -2.29. The molecule has 0 bridgehead atoms. The number of nitrogens with two attached hydrogens (primary N) is 1. The molecule has 0 spiro atoms. The van der Waals surface area contributed by atoms with E-state index in [1.807, 2.05) is 18.7 Å². The van der Waals surface area contributed by atoms with Crippen molar-refractivity contribution in [1.82, 2.24) is 4.90 Å². The van der Waals surface area contributed by atoms with E-state index in [2.05, 4.69) is 9.12 Å². The number of amides is 1. The van der Waals surface area contributed by atoms with Crippen LogP contribution in [0.2, 0.25) is 0 Å². The third-order valence-electron chi connectivity index (χ3n) is 4.54. The van der Waals surface area contributed by atoms with Crippen molar-refractivity contribution in [3.8, 4) is 5.75 Å². The maximum atomic E-state index is 12.2. The maximum Gasteiger partial charge on any atom is 0.344 e. The highest BCUT2D eigenvalue weighted by atomic mass is 32.2. The van der Waals surface area contributed by atoms with E-state index in [0.717, 1.165) is 19.4 Å². The number of benzene rings is 1. The number of hydrogen-bond donors (Lipinski definition) is 2. The number of carbonyl (C=O) groups is 1. The van der Waals surface area contributed by atoms with E-state index in [9.17, 15) is 13.2 Å². The number of anilines is 1. The Labute approximate surface area is 153 Å². The van der Waals surface area contributed by atoms with Crippen LogP contribution in [0, 0.1) is 11.8 Å². The van der Waals surface area contributed by atoms with Gasteiger partial charge in [-0.3, -0.25) is 9.52 Å². The molecule has 142 valence electrons. The molecule has 8 nitrogen and oxygen atoms in total. The van der Waals surface area contributed by atoms with Gasteiger partial charge in [-0.1, -0.05) is 19.9 Å². The predicted octanol–water partition coefficient (Wildman–Crippen LogP) is 1.34. The molecule has 2 aliphatic heterocycles. The maximum absolute atomic E-state index is 12.2. The lowest BCUT2D eigenvalue weighted by Crippen LogP contribution is -2.43. The van der Waals surface area contributed by atoms with Crippen molar-refractivity contribution < 1.29 is 17.9 Å². The van der Waals surface area contributed by atoms with Crippen LogP contribution in [-0.2, 0) is 15.0 Å². The number of hydrogen-bond acceptors (Lipinski definition) is 5. The molecular formula is C17H24N4O4S. The Balaban J connectivity index is 1.71. The quantitative estimate of drug-likeness (QED) is 0.818. The lowest BCUT2D eigenvalue weighted by molar-refractivity contribution is -0.136. The van der Waals surface area contributed by atoms with Gasteiger partial charge in [-0.25, -0.2) is 0 Å². The lowest BCUT2D eigenvalue weighted by atomic mass is 9.97. The van der Waals surface area contributed by atoms with Crippen molar-refractivity contribution in [3.05, 3.63) is 23.8 Å². The second-order valence-corrected chi connectivity index (χ2v) is 8.33. The number of carbonyl (C=O) groups excluding carboxylic acids is 1. The van der Waals surface area contributed by atoms with E-state index in [0.29, 0.717) is 30.2 Å². The monoisotopic (exact) mass is 380 g/mol. The number of nitrogens with zero attached hydrogens (tertiary/aromatic N) is 2. The molecule has 3 rings (SSSR count). The van der Waals surface area contributed by atoms with Gasteiger partial charge < -0.3 is 15.4 Å². The van der Waals surface area contributed by atoms with Crippen LogP contribution in [0.3, 0.4) is 0 Å². The first kappa shape index (κ1) is 18.5. The van der Waals surface area contributed by atoms with Crippen LogP contribution in [0.15, 0.2) is 22.6 Å². The fraction of sp³-hybridized carbons (Fsp3) is 0.529. The molecule has 0 aromatic heterocycles. The second-order valence-electron chi connectivity index (χ2n) is 6.99. The zero-order chi connectivity index (χ0) is 18.9. The Kier molecular flexibility index (Phi) is 5.08. The molecule has 1 atom stereocenters. The molecule has 1 aromatic rings. The smallest absolute Gasteiger partial charge is 0.344 e. The first-order valence-electron chi connectivity index (χ1n) is 8.70.